The van der Waals surface area contributed by atoms with E-state index in [1.807, 2.05) is 12.1 Å². The Labute approximate surface area is 125 Å². The van der Waals surface area contributed by atoms with Crippen molar-refractivity contribution in [3.05, 3.63) is 29.0 Å². The van der Waals surface area contributed by atoms with E-state index < -0.39 is 0 Å². The summed E-state index contributed by atoms with van der Waals surface area (Å²) in [5.74, 6) is 1.77. The Kier molecular flexibility index (Phi) is 4.27. The summed E-state index contributed by atoms with van der Waals surface area (Å²) in [5, 5.41) is 4.26. The van der Waals surface area contributed by atoms with Gasteiger partial charge in [-0.3, -0.25) is 0 Å². The Balaban J connectivity index is 2.03. The molecular weight excluding hydrogens is 270 g/mol. The van der Waals surface area contributed by atoms with Crippen LogP contribution in [-0.4, -0.2) is 22.6 Å². The van der Waals surface area contributed by atoms with Crippen molar-refractivity contribution >= 4 is 22.6 Å². The van der Waals surface area contributed by atoms with E-state index in [9.17, 15) is 0 Å². The van der Waals surface area contributed by atoms with Gasteiger partial charge >= 0.3 is 0 Å². The topological polar surface area (TPSA) is 29.9 Å². The molecule has 1 saturated heterocycles. The Bertz CT molecular complexity index is 585. The molecule has 0 saturated carbocycles. The van der Waals surface area contributed by atoms with Gasteiger partial charge in [0.1, 0.15) is 5.82 Å². The standard InChI is InChI=1S/C16H22ClN3/c1-2-3-9-20-15-7-6-13(17)10-14(15)19-16(20)12-5-4-8-18-11-12/h6-7,10,12,18H,2-5,8-9,11H2,1H3. The Morgan fingerprint density at radius 1 is 1.45 bits per heavy atom. The second-order valence-electron chi connectivity index (χ2n) is 5.65. The molecule has 1 aliphatic rings. The molecule has 0 radical (unpaired) electrons. The van der Waals surface area contributed by atoms with Crippen LogP contribution in [0.25, 0.3) is 11.0 Å². The number of imidazole rings is 1. The molecule has 1 N–H and O–H groups in total. The van der Waals surface area contributed by atoms with Crippen LogP contribution in [0.5, 0.6) is 0 Å². The first-order chi connectivity index (χ1) is 9.79. The van der Waals surface area contributed by atoms with Gasteiger partial charge in [-0.2, -0.15) is 0 Å². The molecule has 1 fully saturated rings. The third-order valence-corrected chi connectivity index (χ3v) is 4.37. The van der Waals surface area contributed by atoms with Crippen molar-refractivity contribution in [2.45, 2.75) is 45.1 Å². The van der Waals surface area contributed by atoms with Crippen LogP contribution in [0.2, 0.25) is 5.02 Å². The van der Waals surface area contributed by atoms with E-state index in [1.54, 1.807) is 0 Å². The van der Waals surface area contributed by atoms with Crippen molar-refractivity contribution in [2.24, 2.45) is 0 Å². The number of rotatable bonds is 4. The lowest BCUT2D eigenvalue weighted by atomic mass is 9.99. The minimum absolute atomic E-state index is 0.534. The van der Waals surface area contributed by atoms with Gasteiger partial charge in [0, 0.05) is 24.0 Å². The van der Waals surface area contributed by atoms with Gasteiger partial charge in [-0.25, -0.2) is 4.98 Å². The van der Waals surface area contributed by atoms with Crippen molar-refractivity contribution in [3.8, 4) is 0 Å². The van der Waals surface area contributed by atoms with E-state index in [2.05, 4.69) is 22.9 Å². The molecule has 3 nitrogen and oxygen atoms in total. The van der Waals surface area contributed by atoms with Crippen LogP contribution in [-0.2, 0) is 6.54 Å². The number of nitrogens with zero attached hydrogens (tertiary/aromatic N) is 2. The normalized spacial score (nSPS) is 19.6. The SMILES string of the molecule is CCCCn1c(C2CCCNC2)nc2cc(Cl)ccc21. The second kappa shape index (κ2) is 6.15. The summed E-state index contributed by atoms with van der Waals surface area (Å²) in [6.45, 7) is 5.47. The fourth-order valence-corrected chi connectivity index (χ4v) is 3.22. The van der Waals surface area contributed by atoms with Gasteiger partial charge in [0.2, 0.25) is 0 Å². The number of unbranched alkanes of at least 4 members (excludes halogenated alkanes) is 1. The third kappa shape index (κ3) is 2.70. The smallest absolute Gasteiger partial charge is 0.114 e. The number of hydrogen-bond acceptors (Lipinski definition) is 2. The molecule has 3 rings (SSSR count). The van der Waals surface area contributed by atoms with E-state index in [-0.39, 0.29) is 0 Å². The highest BCUT2D eigenvalue weighted by atomic mass is 35.5. The molecule has 1 aromatic carbocycles. The molecule has 2 aromatic rings. The highest BCUT2D eigenvalue weighted by molar-refractivity contribution is 6.31. The number of aromatic nitrogens is 2. The lowest BCUT2D eigenvalue weighted by molar-refractivity contribution is 0.431. The summed E-state index contributed by atoms with van der Waals surface area (Å²) >= 11 is 6.11. The first kappa shape index (κ1) is 13.9. The zero-order chi connectivity index (χ0) is 13.9. The molecule has 0 bridgehead atoms. The second-order valence-corrected chi connectivity index (χ2v) is 6.09. The fourth-order valence-electron chi connectivity index (χ4n) is 3.06. The Hall–Kier alpha value is -1.06. The molecule has 1 atom stereocenters. The number of hydrogen-bond donors (Lipinski definition) is 1. The summed E-state index contributed by atoms with van der Waals surface area (Å²) in [7, 11) is 0. The van der Waals surface area contributed by atoms with Crippen LogP contribution in [0.4, 0.5) is 0 Å². The maximum absolute atomic E-state index is 6.11. The lowest BCUT2D eigenvalue weighted by Crippen LogP contribution is -2.30. The quantitative estimate of drug-likeness (QED) is 0.924. The predicted octanol–water partition coefficient (Wildman–Crippen LogP) is 3.96. The first-order valence-electron chi connectivity index (χ1n) is 7.66. The maximum atomic E-state index is 6.11. The van der Waals surface area contributed by atoms with Gasteiger partial charge in [0.05, 0.1) is 11.0 Å². The maximum Gasteiger partial charge on any atom is 0.114 e. The molecule has 4 heteroatoms. The third-order valence-electron chi connectivity index (χ3n) is 4.14. The number of halogens is 1. The van der Waals surface area contributed by atoms with E-state index in [1.165, 1.54) is 37.0 Å². The van der Waals surface area contributed by atoms with Gasteiger partial charge in [-0.05, 0) is 44.0 Å². The average molecular weight is 292 g/mol. The first-order valence-corrected chi connectivity index (χ1v) is 8.04. The molecule has 0 aliphatic carbocycles. The van der Waals surface area contributed by atoms with Crippen molar-refractivity contribution in [3.63, 3.8) is 0 Å². The summed E-state index contributed by atoms with van der Waals surface area (Å²) in [6.07, 6.45) is 4.87. The molecular formula is C16H22ClN3. The predicted molar refractivity (Wildman–Crippen MR) is 84.5 cm³/mol. The summed E-state index contributed by atoms with van der Waals surface area (Å²) in [6, 6.07) is 6.07. The number of nitrogens with one attached hydrogen (secondary N) is 1. The molecule has 108 valence electrons. The van der Waals surface area contributed by atoms with Gasteiger partial charge in [0.25, 0.3) is 0 Å². The van der Waals surface area contributed by atoms with Crippen molar-refractivity contribution in [1.82, 2.24) is 14.9 Å². The zero-order valence-electron chi connectivity index (χ0n) is 12.0. The Morgan fingerprint density at radius 3 is 3.10 bits per heavy atom. The lowest BCUT2D eigenvalue weighted by Gasteiger charge is -2.23. The van der Waals surface area contributed by atoms with Crippen LogP contribution >= 0.6 is 11.6 Å². The van der Waals surface area contributed by atoms with Crippen LogP contribution < -0.4 is 5.32 Å². The number of piperidine rings is 1. The van der Waals surface area contributed by atoms with Crippen molar-refractivity contribution in [1.29, 1.82) is 0 Å². The largest absolute Gasteiger partial charge is 0.328 e. The van der Waals surface area contributed by atoms with Crippen LogP contribution in [0.15, 0.2) is 18.2 Å². The van der Waals surface area contributed by atoms with E-state index in [0.29, 0.717) is 5.92 Å². The van der Waals surface area contributed by atoms with Crippen LogP contribution in [0, 0.1) is 0 Å². The molecule has 20 heavy (non-hydrogen) atoms. The minimum atomic E-state index is 0.534. The molecule has 0 amide bonds. The van der Waals surface area contributed by atoms with Crippen LogP contribution in [0.1, 0.15) is 44.3 Å². The zero-order valence-corrected chi connectivity index (χ0v) is 12.8. The molecule has 1 aromatic heterocycles. The van der Waals surface area contributed by atoms with Gasteiger partial charge in [0.15, 0.2) is 0 Å². The fraction of sp³-hybridized carbons (Fsp3) is 0.562. The Morgan fingerprint density at radius 2 is 2.35 bits per heavy atom. The highest BCUT2D eigenvalue weighted by Crippen LogP contribution is 2.28. The van der Waals surface area contributed by atoms with E-state index in [0.717, 1.165) is 30.2 Å². The van der Waals surface area contributed by atoms with Crippen molar-refractivity contribution < 1.29 is 0 Å². The highest BCUT2D eigenvalue weighted by Gasteiger charge is 2.22. The minimum Gasteiger partial charge on any atom is -0.328 e. The molecule has 2 heterocycles. The number of benzene rings is 1. The number of fused-ring (bicyclic) bond motifs is 1. The van der Waals surface area contributed by atoms with Gasteiger partial charge in [-0.15, -0.1) is 0 Å². The van der Waals surface area contributed by atoms with Crippen molar-refractivity contribution in [2.75, 3.05) is 13.1 Å². The number of aryl methyl sites for hydroxylation is 1. The molecule has 1 aliphatic heterocycles. The van der Waals surface area contributed by atoms with E-state index in [4.69, 9.17) is 16.6 Å². The van der Waals surface area contributed by atoms with Crippen LogP contribution in [0.3, 0.4) is 0 Å². The monoisotopic (exact) mass is 291 g/mol. The molecule has 0 spiro atoms. The molecule has 1 unspecified atom stereocenters. The van der Waals surface area contributed by atoms with E-state index >= 15 is 0 Å². The van der Waals surface area contributed by atoms with Gasteiger partial charge < -0.3 is 9.88 Å². The average Bonchev–Trinajstić information content (AvgIpc) is 2.83. The summed E-state index contributed by atoms with van der Waals surface area (Å²) in [4.78, 5) is 4.89. The summed E-state index contributed by atoms with van der Waals surface area (Å²) in [5.41, 5.74) is 2.26. The van der Waals surface area contributed by atoms with Gasteiger partial charge in [-0.1, -0.05) is 24.9 Å². The summed E-state index contributed by atoms with van der Waals surface area (Å²) < 4.78 is 2.41.